The molecule has 1 heterocycles. The van der Waals surface area contributed by atoms with Crippen molar-refractivity contribution in [1.29, 1.82) is 0 Å². The summed E-state index contributed by atoms with van der Waals surface area (Å²) >= 11 is 0. The van der Waals surface area contributed by atoms with Crippen LogP contribution in [0, 0.1) is 6.92 Å². The second-order valence-corrected chi connectivity index (χ2v) is 8.48. The summed E-state index contributed by atoms with van der Waals surface area (Å²) in [5.41, 5.74) is 2.93. The van der Waals surface area contributed by atoms with Crippen molar-refractivity contribution < 1.29 is 8.42 Å². The maximum Gasteiger partial charge on any atom is 0.267 e. The molecule has 2 aromatic rings. The van der Waals surface area contributed by atoms with Gasteiger partial charge in [0, 0.05) is 12.6 Å². The molecule has 1 aromatic carbocycles. The number of hydrogen-bond donors (Lipinski definition) is 0. The van der Waals surface area contributed by atoms with Gasteiger partial charge < -0.3 is 0 Å². The van der Waals surface area contributed by atoms with Gasteiger partial charge in [0.05, 0.1) is 16.3 Å². The highest BCUT2D eigenvalue weighted by Gasteiger charge is 2.16. The van der Waals surface area contributed by atoms with E-state index in [1.807, 2.05) is 6.92 Å². The number of nitrogens with zero attached hydrogens (tertiary/aromatic N) is 2. The topological polar surface area (TPSA) is 69.0 Å². The fourth-order valence-corrected chi connectivity index (χ4v) is 4.32. The lowest BCUT2D eigenvalue weighted by atomic mass is 9.97. The smallest absolute Gasteiger partial charge is 0.267 e. The molecule has 128 valence electrons. The van der Waals surface area contributed by atoms with Gasteiger partial charge in [-0.1, -0.05) is 17.7 Å². The van der Waals surface area contributed by atoms with Crippen LogP contribution in [0.15, 0.2) is 40.0 Å². The van der Waals surface area contributed by atoms with E-state index in [1.54, 1.807) is 30.3 Å². The summed E-state index contributed by atoms with van der Waals surface area (Å²) in [6.07, 6.45) is 4.40. The molecule has 0 amide bonds. The molecule has 6 heteroatoms. The molecule has 1 aliphatic carbocycles. The van der Waals surface area contributed by atoms with E-state index >= 15 is 0 Å². The minimum atomic E-state index is -3.32. The second kappa shape index (κ2) is 6.89. The third-order valence-corrected chi connectivity index (χ3v) is 6.25. The molecule has 0 bridgehead atoms. The molecule has 3 rings (SSSR count). The Bertz CT molecular complexity index is 883. The quantitative estimate of drug-likeness (QED) is 0.833. The van der Waals surface area contributed by atoms with E-state index in [0.717, 1.165) is 42.5 Å². The summed E-state index contributed by atoms with van der Waals surface area (Å²) in [5.74, 6) is 0.0151. The number of hydrogen-bond acceptors (Lipinski definition) is 4. The van der Waals surface area contributed by atoms with Gasteiger partial charge in [0.2, 0.25) is 0 Å². The van der Waals surface area contributed by atoms with Gasteiger partial charge in [0.1, 0.15) is 0 Å². The van der Waals surface area contributed by atoms with Crippen molar-refractivity contribution in [3.8, 4) is 0 Å². The second-order valence-electron chi connectivity index (χ2n) is 6.37. The van der Waals surface area contributed by atoms with Crippen LogP contribution in [0.5, 0.6) is 0 Å². The molecule has 0 radical (unpaired) electrons. The zero-order chi connectivity index (χ0) is 17.2. The van der Waals surface area contributed by atoms with E-state index in [0.29, 0.717) is 17.9 Å². The fourth-order valence-electron chi connectivity index (χ4n) is 3.03. The third-order valence-electron chi connectivity index (χ3n) is 4.44. The van der Waals surface area contributed by atoms with Crippen molar-refractivity contribution in [3.05, 3.63) is 57.5 Å². The van der Waals surface area contributed by atoms with Gasteiger partial charge in [-0.2, -0.15) is 5.10 Å². The predicted octanol–water partition coefficient (Wildman–Crippen LogP) is 2.29. The number of rotatable bonds is 5. The summed E-state index contributed by atoms with van der Waals surface area (Å²) in [6, 6.07) is 8.52. The van der Waals surface area contributed by atoms with Crippen molar-refractivity contribution in [2.45, 2.75) is 50.5 Å². The van der Waals surface area contributed by atoms with E-state index in [2.05, 4.69) is 5.10 Å². The molecule has 0 saturated heterocycles. The molecule has 0 fully saturated rings. The zero-order valence-corrected chi connectivity index (χ0v) is 14.7. The fraction of sp³-hybridized carbons (Fsp3) is 0.444. The number of fused-ring (bicyclic) bond motifs is 1. The molecule has 0 spiro atoms. The summed E-state index contributed by atoms with van der Waals surface area (Å²) in [4.78, 5) is 12.4. The molecule has 1 aliphatic rings. The van der Waals surface area contributed by atoms with Crippen LogP contribution < -0.4 is 5.56 Å². The first-order valence-corrected chi connectivity index (χ1v) is 10.0. The van der Waals surface area contributed by atoms with Crippen LogP contribution in [0.4, 0.5) is 0 Å². The zero-order valence-electron chi connectivity index (χ0n) is 13.9. The lowest BCUT2D eigenvalue weighted by Crippen LogP contribution is -2.27. The van der Waals surface area contributed by atoms with Crippen LogP contribution in [0.1, 0.15) is 36.1 Å². The Hall–Kier alpha value is -1.95. The molecule has 1 aromatic heterocycles. The summed E-state index contributed by atoms with van der Waals surface area (Å²) in [5, 5.41) is 4.43. The first-order valence-electron chi connectivity index (χ1n) is 8.35. The first kappa shape index (κ1) is 16.9. The van der Waals surface area contributed by atoms with Crippen molar-refractivity contribution in [2.75, 3.05) is 5.75 Å². The molecule has 0 N–H and O–H groups in total. The van der Waals surface area contributed by atoms with Crippen LogP contribution >= 0.6 is 0 Å². The molecule has 5 nitrogen and oxygen atoms in total. The average Bonchev–Trinajstić information content (AvgIpc) is 2.55. The molecule has 24 heavy (non-hydrogen) atoms. The molecule has 0 aliphatic heterocycles. The Kier molecular flexibility index (Phi) is 4.85. The maximum absolute atomic E-state index is 12.3. The molecular formula is C18H22N2O3S. The predicted molar refractivity (Wildman–Crippen MR) is 93.0 cm³/mol. The highest BCUT2D eigenvalue weighted by atomic mass is 32.2. The lowest BCUT2D eigenvalue weighted by molar-refractivity contribution is 0.528. The molecule has 0 atom stereocenters. The van der Waals surface area contributed by atoms with Crippen molar-refractivity contribution >= 4 is 9.84 Å². The Morgan fingerprint density at radius 2 is 1.83 bits per heavy atom. The van der Waals surface area contributed by atoms with Gasteiger partial charge in [0.15, 0.2) is 9.84 Å². The van der Waals surface area contributed by atoms with E-state index in [1.165, 1.54) is 4.68 Å². The molecule has 0 saturated carbocycles. The Labute approximate surface area is 142 Å². The van der Waals surface area contributed by atoms with Crippen molar-refractivity contribution in [1.82, 2.24) is 9.78 Å². The highest BCUT2D eigenvalue weighted by Crippen LogP contribution is 2.17. The lowest BCUT2D eigenvalue weighted by Gasteiger charge is -2.15. The SMILES string of the molecule is Cc1ccc(S(=O)(=O)CCCn2nc3c(cc2=O)CCCC3)cc1. The van der Waals surface area contributed by atoms with E-state index < -0.39 is 9.84 Å². The summed E-state index contributed by atoms with van der Waals surface area (Å²) in [6.45, 7) is 2.25. The van der Waals surface area contributed by atoms with Gasteiger partial charge in [-0.15, -0.1) is 0 Å². The van der Waals surface area contributed by atoms with Gasteiger partial charge in [0.25, 0.3) is 5.56 Å². The Balaban J connectivity index is 1.68. The van der Waals surface area contributed by atoms with E-state index in [-0.39, 0.29) is 11.3 Å². The van der Waals surface area contributed by atoms with Gasteiger partial charge in [-0.05, 0) is 56.7 Å². The highest BCUT2D eigenvalue weighted by molar-refractivity contribution is 7.91. The normalized spacial score (nSPS) is 14.4. The van der Waals surface area contributed by atoms with E-state index in [9.17, 15) is 13.2 Å². The minimum Gasteiger partial charge on any atom is -0.268 e. The van der Waals surface area contributed by atoms with Crippen LogP contribution in [0.25, 0.3) is 0 Å². The number of sulfone groups is 1. The van der Waals surface area contributed by atoms with Crippen molar-refractivity contribution in [3.63, 3.8) is 0 Å². The Morgan fingerprint density at radius 1 is 1.12 bits per heavy atom. The standard InChI is InChI=1S/C18H22N2O3S/c1-14-7-9-16(10-8-14)24(22,23)12-4-11-20-18(21)13-15-5-2-3-6-17(15)19-20/h7-10,13H,2-6,11-12H2,1H3. The van der Waals surface area contributed by atoms with Crippen LogP contribution in [-0.2, 0) is 29.2 Å². The van der Waals surface area contributed by atoms with Gasteiger partial charge in [-0.3, -0.25) is 4.79 Å². The molecular weight excluding hydrogens is 324 g/mol. The summed E-state index contributed by atoms with van der Waals surface area (Å²) < 4.78 is 26.1. The van der Waals surface area contributed by atoms with Crippen LogP contribution in [0.2, 0.25) is 0 Å². The first-order chi connectivity index (χ1) is 11.5. The number of benzene rings is 1. The average molecular weight is 346 g/mol. The molecule has 0 unspecified atom stereocenters. The van der Waals surface area contributed by atoms with Crippen LogP contribution in [0.3, 0.4) is 0 Å². The van der Waals surface area contributed by atoms with E-state index in [4.69, 9.17) is 0 Å². The third kappa shape index (κ3) is 3.75. The number of aromatic nitrogens is 2. The van der Waals surface area contributed by atoms with Gasteiger partial charge in [-0.25, -0.2) is 13.1 Å². The maximum atomic E-state index is 12.3. The minimum absolute atomic E-state index is 0.0151. The largest absolute Gasteiger partial charge is 0.268 e. The van der Waals surface area contributed by atoms with Crippen LogP contribution in [-0.4, -0.2) is 24.0 Å². The monoisotopic (exact) mass is 346 g/mol. The Morgan fingerprint density at radius 3 is 2.58 bits per heavy atom. The summed E-state index contributed by atoms with van der Waals surface area (Å²) in [7, 11) is -3.32. The number of aryl methyl sites for hydroxylation is 4. The van der Waals surface area contributed by atoms with Gasteiger partial charge >= 0.3 is 0 Å². The van der Waals surface area contributed by atoms with Crippen molar-refractivity contribution in [2.24, 2.45) is 0 Å².